The summed E-state index contributed by atoms with van der Waals surface area (Å²) < 4.78 is 11.0. The molecule has 0 saturated heterocycles. The van der Waals surface area contributed by atoms with Gasteiger partial charge in [-0.25, -0.2) is 0 Å². The van der Waals surface area contributed by atoms with Crippen LogP contribution in [-0.2, 0) is 17.9 Å². The SMILES string of the molecule is C=CCCOCc1ccoc1CNCC(C)C. The summed E-state index contributed by atoms with van der Waals surface area (Å²) >= 11 is 0. The van der Waals surface area contributed by atoms with Crippen molar-refractivity contribution in [2.75, 3.05) is 13.2 Å². The summed E-state index contributed by atoms with van der Waals surface area (Å²) in [6, 6.07) is 1.97. The molecule has 1 aromatic rings. The molecule has 0 unspecified atom stereocenters. The predicted octanol–water partition coefficient (Wildman–Crippen LogP) is 3.12. The van der Waals surface area contributed by atoms with Gasteiger partial charge in [-0.05, 0) is 24.9 Å². The highest BCUT2D eigenvalue weighted by Gasteiger charge is 2.06. The summed E-state index contributed by atoms with van der Waals surface area (Å²) in [6.45, 7) is 11.1. The van der Waals surface area contributed by atoms with E-state index in [0.717, 1.165) is 30.8 Å². The van der Waals surface area contributed by atoms with Gasteiger partial charge in [0.2, 0.25) is 0 Å². The van der Waals surface area contributed by atoms with E-state index in [2.05, 4.69) is 25.7 Å². The zero-order valence-corrected chi connectivity index (χ0v) is 10.9. The summed E-state index contributed by atoms with van der Waals surface area (Å²) in [5.74, 6) is 1.63. The molecule has 0 fully saturated rings. The normalized spacial score (nSPS) is 11.0. The molecule has 0 atom stereocenters. The quantitative estimate of drug-likeness (QED) is 0.529. The number of hydrogen-bond donors (Lipinski definition) is 1. The smallest absolute Gasteiger partial charge is 0.123 e. The van der Waals surface area contributed by atoms with Gasteiger partial charge in [0.25, 0.3) is 0 Å². The molecule has 0 bridgehead atoms. The monoisotopic (exact) mass is 237 g/mol. The average Bonchev–Trinajstić information content (AvgIpc) is 2.72. The highest BCUT2D eigenvalue weighted by atomic mass is 16.5. The van der Waals surface area contributed by atoms with E-state index in [9.17, 15) is 0 Å². The second kappa shape index (κ2) is 8.09. The maximum absolute atomic E-state index is 5.53. The van der Waals surface area contributed by atoms with E-state index in [0.29, 0.717) is 19.1 Å². The molecule has 3 heteroatoms. The van der Waals surface area contributed by atoms with Crippen molar-refractivity contribution < 1.29 is 9.15 Å². The molecule has 1 heterocycles. The van der Waals surface area contributed by atoms with Gasteiger partial charge in [-0.2, -0.15) is 0 Å². The fourth-order valence-corrected chi connectivity index (χ4v) is 1.47. The highest BCUT2D eigenvalue weighted by Crippen LogP contribution is 2.12. The molecule has 1 N–H and O–H groups in total. The number of nitrogens with one attached hydrogen (secondary N) is 1. The lowest BCUT2D eigenvalue weighted by molar-refractivity contribution is 0.124. The van der Waals surface area contributed by atoms with Crippen molar-refractivity contribution in [3.05, 3.63) is 36.3 Å². The maximum atomic E-state index is 5.53. The number of furan rings is 1. The molecule has 3 nitrogen and oxygen atoms in total. The first kappa shape index (κ1) is 14.0. The van der Waals surface area contributed by atoms with Crippen LogP contribution in [0.3, 0.4) is 0 Å². The topological polar surface area (TPSA) is 34.4 Å². The van der Waals surface area contributed by atoms with Gasteiger partial charge in [0.05, 0.1) is 26.0 Å². The molecule has 0 aliphatic heterocycles. The standard InChI is InChI=1S/C14H23NO2/c1-4-5-7-16-11-13-6-8-17-14(13)10-15-9-12(2)3/h4,6,8,12,15H,1,5,7,9-11H2,2-3H3. The first-order valence-corrected chi connectivity index (χ1v) is 6.18. The Balaban J connectivity index is 2.29. The van der Waals surface area contributed by atoms with Crippen LogP contribution in [0.2, 0.25) is 0 Å². The van der Waals surface area contributed by atoms with E-state index in [-0.39, 0.29) is 0 Å². The highest BCUT2D eigenvalue weighted by molar-refractivity contribution is 5.15. The molecule has 0 aliphatic carbocycles. The zero-order valence-electron chi connectivity index (χ0n) is 10.9. The molecule has 1 aromatic heterocycles. The van der Waals surface area contributed by atoms with Crippen LogP contribution in [0.25, 0.3) is 0 Å². The second-order valence-corrected chi connectivity index (χ2v) is 4.52. The molecule has 96 valence electrons. The van der Waals surface area contributed by atoms with Crippen molar-refractivity contribution in [3.63, 3.8) is 0 Å². The van der Waals surface area contributed by atoms with Crippen molar-refractivity contribution in [3.8, 4) is 0 Å². The summed E-state index contributed by atoms with van der Waals surface area (Å²) in [5, 5.41) is 3.36. The number of hydrogen-bond acceptors (Lipinski definition) is 3. The minimum Gasteiger partial charge on any atom is -0.468 e. The van der Waals surface area contributed by atoms with E-state index >= 15 is 0 Å². The van der Waals surface area contributed by atoms with E-state index in [4.69, 9.17) is 9.15 Å². The molecule has 0 aromatic carbocycles. The van der Waals surface area contributed by atoms with Crippen LogP contribution < -0.4 is 5.32 Å². The van der Waals surface area contributed by atoms with Gasteiger partial charge >= 0.3 is 0 Å². The van der Waals surface area contributed by atoms with Crippen molar-refractivity contribution in [2.24, 2.45) is 5.92 Å². The minimum absolute atomic E-state index is 0.614. The van der Waals surface area contributed by atoms with Crippen molar-refractivity contribution in [1.82, 2.24) is 5.32 Å². The second-order valence-electron chi connectivity index (χ2n) is 4.52. The Bertz CT molecular complexity index is 318. The lowest BCUT2D eigenvalue weighted by atomic mass is 10.2. The van der Waals surface area contributed by atoms with E-state index < -0.39 is 0 Å². The predicted molar refractivity (Wildman–Crippen MR) is 69.7 cm³/mol. The minimum atomic E-state index is 0.614. The van der Waals surface area contributed by atoms with E-state index in [1.54, 1.807) is 6.26 Å². The van der Waals surface area contributed by atoms with E-state index in [1.165, 1.54) is 0 Å². The molecule has 17 heavy (non-hydrogen) atoms. The lowest BCUT2D eigenvalue weighted by Gasteiger charge is -2.07. The molecule has 0 spiro atoms. The first-order valence-electron chi connectivity index (χ1n) is 6.18. The Kier molecular flexibility index (Phi) is 6.67. The maximum Gasteiger partial charge on any atom is 0.123 e. The Morgan fingerprint density at radius 1 is 1.53 bits per heavy atom. The number of rotatable bonds is 9. The molecule has 0 amide bonds. The first-order chi connectivity index (χ1) is 8.24. The molecule has 0 saturated carbocycles. The van der Waals surface area contributed by atoms with Gasteiger partial charge in [-0.15, -0.1) is 6.58 Å². The molecular weight excluding hydrogens is 214 g/mol. The third-order valence-electron chi connectivity index (χ3n) is 2.40. The van der Waals surface area contributed by atoms with Gasteiger partial charge in [0.15, 0.2) is 0 Å². The Labute approximate surface area is 104 Å². The summed E-state index contributed by atoms with van der Waals surface area (Å²) in [7, 11) is 0. The van der Waals surface area contributed by atoms with Crippen molar-refractivity contribution in [1.29, 1.82) is 0 Å². The van der Waals surface area contributed by atoms with Crippen molar-refractivity contribution in [2.45, 2.75) is 33.4 Å². The average molecular weight is 237 g/mol. The fraction of sp³-hybridized carbons (Fsp3) is 0.571. The van der Waals surface area contributed by atoms with Gasteiger partial charge in [0, 0.05) is 5.56 Å². The van der Waals surface area contributed by atoms with Crippen LogP contribution in [0.4, 0.5) is 0 Å². The van der Waals surface area contributed by atoms with Gasteiger partial charge < -0.3 is 14.5 Å². The molecular formula is C14H23NO2. The molecule has 0 radical (unpaired) electrons. The van der Waals surface area contributed by atoms with Crippen LogP contribution >= 0.6 is 0 Å². The van der Waals surface area contributed by atoms with Gasteiger partial charge in [0.1, 0.15) is 5.76 Å². The summed E-state index contributed by atoms with van der Waals surface area (Å²) in [4.78, 5) is 0. The van der Waals surface area contributed by atoms with Crippen LogP contribution in [0.5, 0.6) is 0 Å². The van der Waals surface area contributed by atoms with Crippen LogP contribution in [0.15, 0.2) is 29.4 Å². The Morgan fingerprint density at radius 3 is 3.06 bits per heavy atom. The summed E-state index contributed by atoms with van der Waals surface area (Å²) in [6.07, 6.45) is 4.47. The number of ether oxygens (including phenoxy) is 1. The third kappa shape index (κ3) is 5.71. The van der Waals surface area contributed by atoms with Crippen molar-refractivity contribution >= 4 is 0 Å². The fourth-order valence-electron chi connectivity index (χ4n) is 1.47. The van der Waals surface area contributed by atoms with Gasteiger partial charge in [-0.1, -0.05) is 19.9 Å². The van der Waals surface area contributed by atoms with Crippen LogP contribution in [-0.4, -0.2) is 13.2 Å². The van der Waals surface area contributed by atoms with Crippen LogP contribution in [0, 0.1) is 5.92 Å². The largest absolute Gasteiger partial charge is 0.468 e. The Hall–Kier alpha value is -1.06. The lowest BCUT2D eigenvalue weighted by Crippen LogP contribution is -2.19. The van der Waals surface area contributed by atoms with Gasteiger partial charge in [-0.3, -0.25) is 0 Å². The van der Waals surface area contributed by atoms with E-state index in [1.807, 2.05) is 12.1 Å². The summed E-state index contributed by atoms with van der Waals surface area (Å²) in [5.41, 5.74) is 1.13. The Morgan fingerprint density at radius 2 is 2.35 bits per heavy atom. The molecule has 1 rings (SSSR count). The third-order valence-corrected chi connectivity index (χ3v) is 2.40. The zero-order chi connectivity index (χ0) is 12.5. The molecule has 0 aliphatic rings. The van der Waals surface area contributed by atoms with Crippen LogP contribution in [0.1, 0.15) is 31.6 Å².